The summed E-state index contributed by atoms with van der Waals surface area (Å²) in [7, 11) is 0. The van der Waals surface area contributed by atoms with Gasteiger partial charge in [0.15, 0.2) is 57.1 Å². The Labute approximate surface area is 845 Å². The highest BCUT2D eigenvalue weighted by Gasteiger charge is 2.34. The van der Waals surface area contributed by atoms with Crippen molar-refractivity contribution in [3.63, 3.8) is 0 Å². The summed E-state index contributed by atoms with van der Waals surface area (Å²) in [4.78, 5) is 244. The maximum absolute atomic E-state index is 13.7. The van der Waals surface area contributed by atoms with Crippen molar-refractivity contribution in [3.8, 4) is 22.8 Å². The van der Waals surface area contributed by atoms with Crippen LogP contribution in [0.4, 0.5) is 17.3 Å². The number of aromatic nitrogens is 17. The van der Waals surface area contributed by atoms with Crippen LogP contribution in [0.15, 0.2) is 122 Å². The number of carboxylic acids is 2. The maximum Gasteiger partial charge on any atom is 0.326 e. The number of aliphatic carboxylic acids is 2. The Bertz CT molecular complexity index is 6840. The van der Waals surface area contributed by atoms with Crippen LogP contribution >= 0.6 is 0 Å². The van der Waals surface area contributed by atoms with Gasteiger partial charge in [-0.15, -0.1) is 20.4 Å². The second-order valence-electron chi connectivity index (χ2n) is 37.3. The minimum Gasteiger partial charge on any atom is -0.480 e. The lowest BCUT2D eigenvalue weighted by Gasteiger charge is -2.22. The zero-order valence-corrected chi connectivity index (χ0v) is 82.2. The lowest BCUT2D eigenvalue weighted by atomic mass is 9.88. The number of nitrogen functional groups attached to an aromatic ring is 2. The number of imide groups is 2. The third-order valence-corrected chi connectivity index (χ3v) is 25.8. The smallest absolute Gasteiger partial charge is 0.326 e. The minimum atomic E-state index is -1.22. The van der Waals surface area contributed by atoms with E-state index >= 15 is 0 Å². The number of rotatable bonds is 52. The fourth-order valence-corrected chi connectivity index (χ4v) is 17.6. The van der Waals surface area contributed by atoms with Crippen molar-refractivity contribution in [2.45, 2.75) is 235 Å². The molecule has 8 amide bonds. The van der Waals surface area contributed by atoms with E-state index in [-0.39, 0.29) is 195 Å². The van der Waals surface area contributed by atoms with E-state index in [1.165, 1.54) is 24.3 Å². The number of fused-ring (bicyclic) bond motifs is 4. The molecule has 12 N–H and O–H groups in total. The zero-order valence-electron chi connectivity index (χ0n) is 82.2. The summed E-state index contributed by atoms with van der Waals surface area (Å²) in [5.74, 6) is -7.03. The molecule has 0 radical (unpaired) electrons. The van der Waals surface area contributed by atoms with Crippen LogP contribution in [0.3, 0.4) is 0 Å². The van der Waals surface area contributed by atoms with Gasteiger partial charge in [-0.1, -0.05) is 85.1 Å². The van der Waals surface area contributed by atoms with Crippen molar-refractivity contribution < 1.29 is 86.9 Å². The van der Waals surface area contributed by atoms with Gasteiger partial charge in [-0.2, -0.15) is 10.4 Å². The van der Waals surface area contributed by atoms with Crippen molar-refractivity contribution in [2.24, 2.45) is 23.7 Å². The Hall–Kier alpha value is -16.6. The molecular formula is C103H120N26O18. The van der Waals surface area contributed by atoms with Crippen LogP contribution in [0.25, 0.3) is 56.0 Å². The van der Waals surface area contributed by atoms with Gasteiger partial charge in [0.2, 0.25) is 23.5 Å². The van der Waals surface area contributed by atoms with Gasteiger partial charge in [0.1, 0.15) is 35.3 Å². The molecule has 3 aliphatic heterocycles. The number of carboxylic acid groups (broad SMARTS) is 2. The molecule has 0 fully saturated rings. The first kappa shape index (κ1) is 109. The van der Waals surface area contributed by atoms with Crippen molar-refractivity contribution >= 4 is 144 Å². The number of hydrogen-bond donors (Lipinski definition) is 10. The Morgan fingerprint density at radius 1 is 0.476 bits per heavy atom. The summed E-state index contributed by atoms with van der Waals surface area (Å²) in [6, 6.07) is 17.6. The number of nitrogens with two attached hydrogens (primary N) is 2. The Morgan fingerprint density at radius 3 is 1.35 bits per heavy atom. The summed E-state index contributed by atoms with van der Waals surface area (Å²) in [6.45, 7) is 16.0. The van der Waals surface area contributed by atoms with Crippen molar-refractivity contribution in [1.29, 1.82) is 0 Å². The maximum atomic E-state index is 13.7. The molecular weight excluding hydrogens is 1890 g/mol. The van der Waals surface area contributed by atoms with E-state index in [0.29, 0.717) is 163 Å². The van der Waals surface area contributed by atoms with Gasteiger partial charge in [0.05, 0.1) is 49.0 Å². The Kier molecular flexibility index (Phi) is 37.6. The fourth-order valence-electron chi connectivity index (χ4n) is 17.6. The molecule has 6 atom stereocenters. The number of anilines is 3. The molecule has 10 heterocycles. The predicted molar refractivity (Wildman–Crippen MR) is 537 cm³/mol. The number of amides is 8. The van der Waals surface area contributed by atoms with Crippen LogP contribution in [0.5, 0.6) is 0 Å². The molecule has 11 aromatic rings. The van der Waals surface area contributed by atoms with E-state index in [9.17, 15) is 86.9 Å². The number of nitrogens with one attached hydrogen (secondary N) is 6. The quantitative estimate of drug-likeness (QED) is 0.00964. The number of aryl methyl sites for hydroxylation is 2. The summed E-state index contributed by atoms with van der Waals surface area (Å²) < 4.78 is 1.93. The van der Waals surface area contributed by atoms with E-state index < -0.39 is 71.6 Å². The SMILES string of the molecule is C.Cc1nc(N)c2nc(CN3CCc4cc(C(=O)N[C@@H](CCCCC(=O)c5ccc(CC(=O)[C@H](C)NC(=O)[C@@H](CC(=O)CCCCCN6C(=O)C=CC6=O)C(C)C)cc5-c5nn[nH]n5)C(=O)O)ccc43)cnc2n1.Cc1nc(N)c2nc(Cn3ccc4cc(C(=O)N[C@@H](CCCCC(=O)c5ccc(CC(=O)[C@H](C)NC(=O)[C@@H](CC(=O)CCCCCN6C(=O)C=CC6=O)C(C)C)cc5-c5nn[nH]n5)C(=O)O)ccc43)cnc2n1. The molecule has 4 aromatic carbocycles. The van der Waals surface area contributed by atoms with Gasteiger partial charge < -0.3 is 52.4 Å². The standard InChI is InChI=1S/C51H59N13O9.C51H57N13O9.CH4/c2*1-28(2)37(25-35(65)10-6-5-9-20-64-43(68)17-18-44(64)69)50(71)54-29(3)42(67)23-31-13-15-36(38(22-31)47-59-61-62-60-47)41(66)12-8-7-11-39(51(72)73)58-49(70)33-14-16-40-32(24-33)19-21-63(40)27-34-26-53-48-45(57-34)46(52)55-30(4)56-48;/h13-18,22,24,26,28-29,37,39H,5-12,19-21,23,25,27H2,1-4H3,(H,54,71)(H,58,70)(H,72,73)(H2,52,53,55,56)(H,59,60,61,62);13-19,21-22,24,26,28-29,37,39H,5-12,20,23,25,27H2,1-4H3,(H,54,71)(H,58,70)(H,72,73)(H2,52,53,55,56)(H,59,60,61,62);1H4/t2*29-,37-,39-;/m00./s1. The summed E-state index contributed by atoms with van der Waals surface area (Å²) in [5.41, 5.74) is 20.6. The number of ketones is 6. The van der Waals surface area contributed by atoms with Gasteiger partial charge in [-0.05, 0) is 179 Å². The number of tetrazole rings is 2. The molecule has 0 bridgehead atoms. The molecule has 44 heteroatoms. The number of aromatic amines is 2. The average Bonchev–Trinajstić information content (AvgIpc) is 1.62. The largest absolute Gasteiger partial charge is 0.480 e. The molecule has 3 aliphatic rings. The van der Waals surface area contributed by atoms with Crippen molar-refractivity contribution in [2.75, 3.05) is 36.0 Å². The number of carbonyl (C=O) groups excluding carboxylic acids is 14. The number of Topliss-reactive ketones (excluding diaryl/α,β-unsaturated/α-hetero) is 6. The first-order chi connectivity index (χ1) is 69.9. The highest BCUT2D eigenvalue weighted by Crippen LogP contribution is 2.34. The van der Waals surface area contributed by atoms with Crippen LogP contribution in [0.2, 0.25) is 0 Å². The molecule has 0 unspecified atom stereocenters. The highest BCUT2D eigenvalue weighted by atomic mass is 16.4. The predicted octanol–water partition coefficient (Wildman–Crippen LogP) is 9.10. The lowest BCUT2D eigenvalue weighted by molar-refractivity contribution is -0.140. The second kappa shape index (κ2) is 50.6. The van der Waals surface area contributed by atoms with Crippen LogP contribution in [0, 0.1) is 37.5 Å². The molecule has 44 nitrogen and oxygen atoms in total. The monoisotopic (exact) mass is 2010 g/mol. The first-order valence-electron chi connectivity index (χ1n) is 48.5. The number of H-pyrrole nitrogens is 2. The van der Waals surface area contributed by atoms with E-state index in [2.05, 4.69) is 107 Å². The molecule has 0 saturated carbocycles. The van der Waals surface area contributed by atoms with Gasteiger partial charge in [0.25, 0.3) is 35.4 Å². The Balaban J connectivity index is 0.000000260. The van der Waals surface area contributed by atoms with Crippen LogP contribution in [-0.2, 0) is 89.9 Å². The number of hydrogen-bond acceptors (Lipinski definition) is 33. The summed E-state index contributed by atoms with van der Waals surface area (Å²) in [5, 5.41) is 59.9. The average molecular weight is 2010 g/mol. The number of carbonyl (C=O) groups is 16. The topological polar surface area (TPSA) is 640 Å². The first-order valence-corrected chi connectivity index (χ1v) is 48.5. The third kappa shape index (κ3) is 28.9. The molecule has 147 heavy (non-hydrogen) atoms. The van der Waals surface area contributed by atoms with E-state index in [0.717, 1.165) is 32.0 Å². The van der Waals surface area contributed by atoms with Gasteiger partial charge in [0, 0.05) is 163 Å². The summed E-state index contributed by atoms with van der Waals surface area (Å²) in [6.07, 6.45) is 15.9. The number of benzene rings is 4. The van der Waals surface area contributed by atoms with Crippen LogP contribution < -0.4 is 37.6 Å². The fraction of sp³-hybridized carbons (Fsp3) is 0.417. The molecule has 0 aliphatic carbocycles. The molecule has 770 valence electrons. The molecule has 0 spiro atoms. The third-order valence-electron chi connectivity index (χ3n) is 25.8. The van der Waals surface area contributed by atoms with E-state index in [1.807, 2.05) is 50.6 Å². The second-order valence-corrected chi connectivity index (χ2v) is 37.3. The van der Waals surface area contributed by atoms with Crippen molar-refractivity contribution in [3.05, 3.63) is 184 Å². The zero-order chi connectivity index (χ0) is 105. The van der Waals surface area contributed by atoms with E-state index in [4.69, 9.17) is 11.5 Å². The molecule has 14 rings (SSSR count). The van der Waals surface area contributed by atoms with E-state index in [1.54, 1.807) is 107 Å². The Morgan fingerprint density at radius 2 is 0.912 bits per heavy atom. The lowest BCUT2D eigenvalue weighted by Crippen LogP contribution is -2.44. The van der Waals surface area contributed by atoms with Crippen LogP contribution in [-0.4, -0.2) is 243 Å². The van der Waals surface area contributed by atoms with Gasteiger partial charge in [-0.3, -0.25) is 76.9 Å². The normalized spacial score (nSPS) is 13.9. The van der Waals surface area contributed by atoms with Gasteiger partial charge >= 0.3 is 11.9 Å². The number of nitrogens with zero attached hydrogens (tertiary/aromatic N) is 18. The number of unbranched alkanes of at least 4 members (excludes halogenated alkanes) is 6. The molecule has 7 aromatic heterocycles. The summed E-state index contributed by atoms with van der Waals surface area (Å²) >= 11 is 0. The van der Waals surface area contributed by atoms with Gasteiger partial charge in [-0.25, -0.2) is 49.5 Å². The minimum absolute atomic E-state index is 0. The van der Waals surface area contributed by atoms with Crippen LogP contribution in [0.1, 0.15) is 246 Å². The molecule has 0 saturated heterocycles. The van der Waals surface area contributed by atoms with Crippen molar-refractivity contribution in [1.82, 2.24) is 117 Å². The highest BCUT2D eigenvalue weighted by molar-refractivity contribution is 6.14.